The van der Waals surface area contributed by atoms with E-state index in [-0.39, 0.29) is 32.6 Å². The number of carbonyl (C=O) groups excluding carboxylic acids is 3. The molecule has 0 unspecified atom stereocenters. The van der Waals surface area contributed by atoms with Crippen LogP contribution in [0.15, 0.2) is 12.7 Å². The molecule has 0 fully saturated rings. The lowest BCUT2D eigenvalue weighted by molar-refractivity contribution is -0.155. The van der Waals surface area contributed by atoms with Crippen molar-refractivity contribution in [1.29, 1.82) is 0 Å². The second kappa shape index (κ2) is 11.5. The van der Waals surface area contributed by atoms with E-state index in [1.807, 2.05) is 0 Å². The van der Waals surface area contributed by atoms with Gasteiger partial charge < -0.3 is 18.9 Å². The third-order valence-electron chi connectivity index (χ3n) is 2.99. The highest BCUT2D eigenvalue weighted by atomic mass is 16.6. The smallest absolute Gasteiger partial charge is 0.410 e. The first-order valence-electron chi connectivity index (χ1n) is 7.96. The highest BCUT2D eigenvalue weighted by molar-refractivity contribution is 5.78. The van der Waals surface area contributed by atoms with Gasteiger partial charge >= 0.3 is 18.0 Å². The maximum Gasteiger partial charge on any atom is 0.410 e. The molecule has 0 aliphatic rings. The third kappa shape index (κ3) is 10.4. The first kappa shape index (κ1) is 22.9. The zero-order chi connectivity index (χ0) is 19.5. The van der Waals surface area contributed by atoms with Crippen LogP contribution in [0.2, 0.25) is 0 Å². The highest BCUT2D eigenvalue weighted by Crippen LogP contribution is 2.14. The quantitative estimate of drug-likeness (QED) is 0.334. The topological polar surface area (TPSA) is 91.4 Å². The number of methoxy groups -OCH3 is 2. The summed E-state index contributed by atoms with van der Waals surface area (Å²) in [6.07, 6.45) is 1.03. The summed E-state index contributed by atoms with van der Waals surface area (Å²) in [7, 11) is 2.69. The van der Waals surface area contributed by atoms with Gasteiger partial charge in [0.2, 0.25) is 0 Å². The molecule has 0 N–H and O–H groups in total. The van der Waals surface area contributed by atoms with Gasteiger partial charge in [-0.05, 0) is 27.2 Å². The molecular weight excluding hydrogens is 330 g/mol. The fraction of sp³-hybridized carbons (Fsp3) is 0.706. The Morgan fingerprint density at radius 2 is 1.80 bits per heavy atom. The Bertz CT molecular complexity index is 456. The molecule has 25 heavy (non-hydrogen) atoms. The summed E-state index contributed by atoms with van der Waals surface area (Å²) in [5, 5.41) is 0. The number of esters is 2. The Hall–Kier alpha value is -2.09. The van der Waals surface area contributed by atoms with Crippen LogP contribution in [0, 0.1) is 0 Å². The normalized spacial score (nSPS) is 12.0. The van der Waals surface area contributed by atoms with Gasteiger partial charge in [-0.1, -0.05) is 12.7 Å². The molecule has 0 rings (SSSR count). The first-order chi connectivity index (χ1) is 11.6. The molecule has 0 spiro atoms. The summed E-state index contributed by atoms with van der Waals surface area (Å²) in [5.41, 5.74) is -0.595. The highest BCUT2D eigenvalue weighted by Gasteiger charge is 2.29. The van der Waals surface area contributed by atoms with Crippen LogP contribution in [0.1, 0.15) is 33.6 Å². The van der Waals surface area contributed by atoms with E-state index in [0.29, 0.717) is 0 Å². The van der Waals surface area contributed by atoms with Crippen molar-refractivity contribution in [3.8, 4) is 0 Å². The van der Waals surface area contributed by atoms with Crippen LogP contribution in [-0.2, 0) is 28.5 Å². The molecule has 8 nitrogen and oxygen atoms in total. The van der Waals surface area contributed by atoms with Crippen molar-refractivity contribution in [1.82, 2.24) is 4.90 Å². The van der Waals surface area contributed by atoms with E-state index in [2.05, 4.69) is 11.3 Å². The number of ether oxygens (including phenoxy) is 4. The average molecular weight is 359 g/mol. The summed E-state index contributed by atoms with van der Waals surface area (Å²) in [6.45, 7) is 8.60. The van der Waals surface area contributed by atoms with Gasteiger partial charge in [0, 0.05) is 13.5 Å². The van der Waals surface area contributed by atoms with Crippen molar-refractivity contribution < 1.29 is 33.3 Å². The second-order valence-electron chi connectivity index (χ2n) is 6.30. The minimum absolute atomic E-state index is 0.00226. The molecular formula is C17H29NO7. The van der Waals surface area contributed by atoms with Gasteiger partial charge in [-0.25, -0.2) is 4.79 Å². The molecule has 1 atom stereocenters. The zero-order valence-electron chi connectivity index (χ0n) is 15.7. The Morgan fingerprint density at radius 1 is 1.16 bits per heavy atom. The fourth-order valence-electron chi connectivity index (χ4n) is 1.96. The molecule has 0 saturated heterocycles. The summed E-state index contributed by atoms with van der Waals surface area (Å²) >= 11 is 0. The van der Waals surface area contributed by atoms with E-state index < -0.39 is 29.7 Å². The van der Waals surface area contributed by atoms with Crippen molar-refractivity contribution in [3.05, 3.63) is 12.7 Å². The van der Waals surface area contributed by atoms with E-state index in [0.717, 1.165) is 0 Å². The molecule has 8 heteroatoms. The van der Waals surface area contributed by atoms with Crippen LogP contribution in [0.4, 0.5) is 4.79 Å². The van der Waals surface area contributed by atoms with Crippen LogP contribution >= 0.6 is 0 Å². The Labute approximate surface area is 149 Å². The minimum atomic E-state index is -0.712. The van der Waals surface area contributed by atoms with Crippen molar-refractivity contribution in [3.63, 3.8) is 0 Å². The third-order valence-corrected chi connectivity index (χ3v) is 2.99. The van der Waals surface area contributed by atoms with Gasteiger partial charge in [0.1, 0.15) is 18.8 Å². The molecule has 0 radical (unpaired) electrons. The predicted molar refractivity (Wildman–Crippen MR) is 91.0 cm³/mol. The number of amides is 1. The van der Waals surface area contributed by atoms with E-state index in [1.54, 1.807) is 20.8 Å². The lowest BCUT2D eigenvalue weighted by atomic mass is 10.1. The Kier molecular flexibility index (Phi) is 10.5. The van der Waals surface area contributed by atoms with Gasteiger partial charge in [0.25, 0.3) is 0 Å². The second-order valence-corrected chi connectivity index (χ2v) is 6.30. The summed E-state index contributed by atoms with van der Waals surface area (Å²) in [5.74, 6) is -1.000. The van der Waals surface area contributed by atoms with Crippen LogP contribution in [0.25, 0.3) is 0 Å². The van der Waals surface area contributed by atoms with Crippen LogP contribution in [0.3, 0.4) is 0 Å². The fourth-order valence-corrected chi connectivity index (χ4v) is 1.96. The molecule has 0 aromatic carbocycles. The molecule has 0 aromatic rings. The van der Waals surface area contributed by atoms with Gasteiger partial charge in [-0.15, -0.1) is 0 Å². The SMILES string of the molecule is C=CCOC(=O)N(CC(=O)OC)[C@@H](CCC(=O)OC(C)(C)C)COC. The van der Waals surface area contributed by atoms with Crippen molar-refractivity contribution >= 4 is 18.0 Å². The number of hydrogen-bond donors (Lipinski definition) is 0. The van der Waals surface area contributed by atoms with Gasteiger partial charge in [0.05, 0.1) is 19.8 Å². The van der Waals surface area contributed by atoms with Crippen LogP contribution in [-0.4, -0.2) is 68.6 Å². The largest absolute Gasteiger partial charge is 0.468 e. The lowest BCUT2D eigenvalue weighted by Crippen LogP contribution is -2.46. The van der Waals surface area contributed by atoms with Crippen LogP contribution < -0.4 is 0 Å². The number of nitrogens with zero attached hydrogens (tertiary/aromatic N) is 1. The molecule has 1 amide bonds. The van der Waals surface area contributed by atoms with Gasteiger partial charge in [0.15, 0.2) is 0 Å². The van der Waals surface area contributed by atoms with Crippen molar-refractivity contribution in [2.45, 2.75) is 45.3 Å². The molecule has 0 aliphatic carbocycles. The number of hydrogen-bond acceptors (Lipinski definition) is 7. The molecule has 0 heterocycles. The maximum atomic E-state index is 12.2. The van der Waals surface area contributed by atoms with E-state index >= 15 is 0 Å². The zero-order valence-corrected chi connectivity index (χ0v) is 15.7. The molecule has 0 aromatic heterocycles. The van der Waals surface area contributed by atoms with E-state index in [9.17, 15) is 14.4 Å². The van der Waals surface area contributed by atoms with Crippen molar-refractivity contribution in [2.24, 2.45) is 0 Å². The van der Waals surface area contributed by atoms with Gasteiger partial charge in [-0.3, -0.25) is 14.5 Å². The number of rotatable bonds is 10. The maximum absolute atomic E-state index is 12.2. The van der Waals surface area contributed by atoms with E-state index in [1.165, 1.54) is 25.2 Å². The Morgan fingerprint density at radius 3 is 2.28 bits per heavy atom. The minimum Gasteiger partial charge on any atom is -0.468 e. The summed E-state index contributed by atoms with van der Waals surface area (Å²) in [4.78, 5) is 36.9. The van der Waals surface area contributed by atoms with Crippen molar-refractivity contribution in [2.75, 3.05) is 34.0 Å². The first-order valence-corrected chi connectivity index (χ1v) is 7.96. The lowest BCUT2D eigenvalue weighted by Gasteiger charge is -2.29. The van der Waals surface area contributed by atoms with Crippen LogP contribution in [0.5, 0.6) is 0 Å². The number of carbonyl (C=O) groups is 3. The monoisotopic (exact) mass is 359 g/mol. The van der Waals surface area contributed by atoms with Gasteiger partial charge in [-0.2, -0.15) is 0 Å². The molecule has 144 valence electrons. The summed E-state index contributed by atoms with van der Waals surface area (Å²) < 4.78 is 20.0. The molecule has 0 bridgehead atoms. The Balaban J connectivity index is 5.04. The molecule has 0 saturated carbocycles. The standard InChI is InChI=1S/C17H29NO7/c1-7-10-24-16(21)18(11-15(20)23-6)13(12-22-5)8-9-14(19)25-17(2,3)4/h7,13H,1,8-12H2,2-6H3/t13-/m0/s1. The van der Waals surface area contributed by atoms with E-state index in [4.69, 9.17) is 14.2 Å². The molecule has 0 aliphatic heterocycles. The summed E-state index contributed by atoms with van der Waals surface area (Å²) in [6, 6.07) is -0.547. The average Bonchev–Trinajstić information content (AvgIpc) is 2.52. The predicted octanol–water partition coefficient (Wildman–Crippen LogP) is 1.92.